The molecule has 5 nitrogen and oxygen atoms in total. The first-order valence-corrected chi connectivity index (χ1v) is 7.33. The highest BCUT2D eigenvalue weighted by molar-refractivity contribution is 14.0. The number of ether oxygens (including phenoxy) is 2. The zero-order valence-corrected chi connectivity index (χ0v) is 16.2. The van der Waals surface area contributed by atoms with Gasteiger partial charge in [-0.05, 0) is 31.9 Å². The Morgan fingerprint density at radius 2 is 2.00 bits per heavy atom. The summed E-state index contributed by atoms with van der Waals surface area (Å²) in [5, 5.41) is 6.50. The Hall–Kier alpha value is -1.02. The molecule has 0 aliphatic heterocycles. The van der Waals surface area contributed by atoms with Gasteiger partial charge in [-0.2, -0.15) is 0 Å². The van der Waals surface area contributed by atoms with E-state index in [9.17, 15) is 0 Å². The second-order valence-corrected chi connectivity index (χ2v) is 4.92. The molecular formula is C16H28IN3O2. The maximum Gasteiger partial charge on any atom is 0.191 e. The normalized spacial score (nSPS) is 12.3. The Bertz CT molecular complexity index is 441. The lowest BCUT2D eigenvalue weighted by Gasteiger charge is -2.18. The Kier molecular flexibility index (Phi) is 11.9. The van der Waals surface area contributed by atoms with Gasteiger partial charge in [0.1, 0.15) is 11.9 Å². The molecule has 0 amide bonds. The van der Waals surface area contributed by atoms with Crippen LogP contribution in [0.3, 0.4) is 0 Å². The zero-order valence-electron chi connectivity index (χ0n) is 13.9. The minimum Gasteiger partial charge on any atom is -0.489 e. The number of aliphatic imine (C=N–C) groups is 1. The van der Waals surface area contributed by atoms with Gasteiger partial charge in [-0.15, -0.1) is 24.0 Å². The van der Waals surface area contributed by atoms with Gasteiger partial charge in [0.25, 0.3) is 0 Å². The van der Waals surface area contributed by atoms with Gasteiger partial charge < -0.3 is 20.1 Å². The van der Waals surface area contributed by atoms with E-state index in [4.69, 9.17) is 9.47 Å². The summed E-state index contributed by atoms with van der Waals surface area (Å²) in [5.41, 5.74) is 1.14. The molecular weight excluding hydrogens is 393 g/mol. The summed E-state index contributed by atoms with van der Waals surface area (Å²) in [6.45, 7) is 6.36. The monoisotopic (exact) mass is 421 g/mol. The third kappa shape index (κ3) is 8.43. The van der Waals surface area contributed by atoms with Gasteiger partial charge in [0, 0.05) is 27.3 Å². The third-order valence-electron chi connectivity index (χ3n) is 3.02. The van der Waals surface area contributed by atoms with Crippen molar-refractivity contribution in [2.24, 2.45) is 4.99 Å². The number of hydrogen-bond acceptors (Lipinski definition) is 3. The number of nitrogens with zero attached hydrogens (tertiary/aromatic N) is 1. The molecule has 1 aromatic rings. The van der Waals surface area contributed by atoms with Crippen molar-refractivity contribution in [3.63, 3.8) is 0 Å². The highest BCUT2D eigenvalue weighted by atomic mass is 127. The maximum atomic E-state index is 5.92. The first-order chi connectivity index (χ1) is 10.2. The second-order valence-electron chi connectivity index (χ2n) is 4.92. The average molecular weight is 421 g/mol. The van der Waals surface area contributed by atoms with Crippen molar-refractivity contribution < 1.29 is 9.47 Å². The van der Waals surface area contributed by atoms with Crippen LogP contribution in [-0.2, 0) is 4.74 Å². The molecule has 0 radical (unpaired) electrons. The van der Waals surface area contributed by atoms with E-state index >= 15 is 0 Å². The molecule has 0 bridgehead atoms. The van der Waals surface area contributed by atoms with Crippen LogP contribution in [-0.4, -0.2) is 45.9 Å². The van der Waals surface area contributed by atoms with Crippen molar-refractivity contribution >= 4 is 29.9 Å². The molecule has 2 N–H and O–H groups in total. The predicted octanol–water partition coefficient (Wildman–Crippen LogP) is 2.58. The quantitative estimate of drug-likeness (QED) is 0.293. The Morgan fingerprint density at radius 3 is 2.64 bits per heavy atom. The van der Waals surface area contributed by atoms with Crippen LogP contribution >= 0.6 is 24.0 Å². The van der Waals surface area contributed by atoms with Crippen molar-refractivity contribution in [3.05, 3.63) is 29.8 Å². The number of hydrogen-bond donors (Lipinski definition) is 2. The summed E-state index contributed by atoms with van der Waals surface area (Å²) >= 11 is 0. The predicted molar refractivity (Wildman–Crippen MR) is 103 cm³/mol. The fourth-order valence-electron chi connectivity index (χ4n) is 1.83. The van der Waals surface area contributed by atoms with Crippen LogP contribution in [0.25, 0.3) is 0 Å². The van der Waals surface area contributed by atoms with E-state index in [-0.39, 0.29) is 30.1 Å². The molecule has 0 saturated carbocycles. The van der Waals surface area contributed by atoms with Crippen molar-refractivity contribution in [2.75, 3.05) is 33.9 Å². The topological polar surface area (TPSA) is 54.9 Å². The number of guanidine groups is 1. The van der Waals surface area contributed by atoms with E-state index in [1.807, 2.05) is 38.1 Å². The smallest absolute Gasteiger partial charge is 0.191 e. The van der Waals surface area contributed by atoms with Gasteiger partial charge in [-0.25, -0.2) is 0 Å². The minimum atomic E-state index is 0. The van der Waals surface area contributed by atoms with Crippen LogP contribution in [0, 0.1) is 6.92 Å². The molecule has 1 rings (SSSR count). The lowest BCUT2D eigenvalue weighted by atomic mass is 10.2. The molecule has 126 valence electrons. The van der Waals surface area contributed by atoms with Crippen LogP contribution in [0.15, 0.2) is 29.3 Å². The van der Waals surface area contributed by atoms with Gasteiger partial charge in [0.2, 0.25) is 0 Å². The SMILES string of the molecule is CN=C(NCCCOC)NCC(C)Oc1ccccc1C.I. The summed E-state index contributed by atoms with van der Waals surface area (Å²) in [6.07, 6.45) is 1.01. The van der Waals surface area contributed by atoms with E-state index in [1.165, 1.54) is 0 Å². The van der Waals surface area contributed by atoms with Crippen LogP contribution in [0.5, 0.6) is 5.75 Å². The second kappa shape index (κ2) is 12.5. The first-order valence-electron chi connectivity index (χ1n) is 7.33. The lowest BCUT2D eigenvalue weighted by molar-refractivity contribution is 0.195. The number of halogens is 1. The fraction of sp³-hybridized carbons (Fsp3) is 0.562. The molecule has 0 aromatic heterocycles. The molecule has 0 aliphatic rings. The molecule has 22 heavy (non-hydrogen) atoms. The maximum absolute atomic E-state index is 5.92. The molecule has 0 heterocycles. The molecule has 1 unspecified atom stereocenters. The summed E-state index contributed by atoms with van der Waals surface area (Å²) in [6, 6.07) is 8.03. The Labute approximate surface area is 150 Å². The van der Waals surface area contributed by atoms with Gasteiger partial charge in [0.05, 0.1) is 6.54 Å². The molecule has 6 heteroatoms. The van der Waals surface area contributed by atoms with Crippen molar-refractivity contribution in [3.8, 4) is 5.75 Å². The molecule has 1 aromatic carbocycles. The van der Waals surface area contributed by atoms with E-state index < -0.39 is 0 Å². The summed E-state index contributed by atoms with van der Waals surface area (Å²) in [4.78, 5) is 4.18. The lowest BCUT2D eigenvalue weighted by Crippen LogP contribution is -2.42. The number of benzene rings is 1. The van der Waals surface area contributed by atoms with Gasteiger partial charge >= 0.3 is 0 Å². The van der Waals surface area contributed by atoms with Gasteiger partial charge in [-0.1, -0.05) is 18.2 Å². The minimum absolute atomic E-state index is 0. The Morgan fingerprint density at radius 1 is 1.27 bits per heavy atom. The third-order valence-corrected chi connectivity index (χ3v) is 3.02. The summed E-state index contributed by atoms with van der Waals surface area (Å²) in [5.74, 6) is 1.71. The highest BCUT2D eigenvalue weighted by Crippen LogP contribution is 2.17. The van der Waals surface area contributed by atoms with Crippen molar-refractivity contribution in [2.45, 2.75) is 26.4 Å². The molecule has 0 spiro atoms. The first kappa shape index (κ1) is 21.0. The molecule has 0 saturated heterocycles. The number of nitrogens with one attached hydrogen (secondary N) is 2. The van der Waals surface area contributed by atoms with E-state index in [0.29, 0.717) is 6.54 Å². The zero-order chi connectivity index (χ0) is 15.5. The summed E-state index contributed by atoms with van der Waals surface area (Å²) < 4.78 is 10.9. The van der Waals surface area contributed by atoms with E-state index in [0.717, 1.165) is 36.8 Å². The number of methoxy groups -OCH3 is 1. The standard InChI is InChI=1S/C16H27N3O2.HI/c1-13-8-5-6-9-15(13)21-14(2)12-19-16(17-3)18-10-7-11-20-4;/h5-6,8-9,14H,7,10-12H2,1-4H3,(H2,17,18,19);1H. The van der Waals surface area contributed by atoms with Crippen molar-refractivity contribution in [1.82, 2.24) is 10.6 Å². The van der Waals surface area contributed by atoms with Crippen LogP contribution in [0.4, 0.5) is 0 Å². The van der Waals surface area contributed by atoms with E-state index in [1.54, 1.807) is 14.2 Å². The van der Waals surface area contributed by atoms with Crippen LogP contribution in [0.2, 0.25) is 0 Å². The number of para-hydroxylation sites is 1. The summed E-state index contributed by atoms with van der Waals surface area (Å²) in [7, 11) is 3.47. The largest absolute Gasteiger partial charge is 0.489 e. The van der Waals surface area contributed by atoms with Crippen molar-refractivity contribution in [1.29, 1.82) is 0 Å². The van der Waals surface area contributed by atoms with E-state index in [2.05, 4.69) is 15.6 Å². The number of aryl methyl sites for hydroxylation is 1. The Balaban J connectivity index is 0.00000441. The fourth-order valence-corrected chi connectivity index (χ4v) is 1.83. The molecule has 0 aliphatic carbocycles. The average Bonchev–Trinajstić information content (AvgIpc) is 2.49. The molecule has 0 fully saturated rings. The molecule has 1 atom stereocenters. The van der Waals surface area contributed by atoms with Gasteiger partial charge in [-0.3, -0.25) is 4.99 Å². The van der Waals surface area contributed by atoms with Crippen LogP contribution in [0.1, 0.15) is 18.9 Å². The van der Waals surface area contributed by atoms with Crippen LogP contribution < -0.4 is 15.4 Å². The van der Waals surface area contributed by atoms with Gasteiger partial charge in [0.15, 0.2) is 5.96 Å². The number of rotatable bonds is 8. The highest BCUT2D eigenvalue weighted by Gasteiger charge is 2.07.